The number of oxazole rings is 1. The maximum atomic E-state index is 11.9. The van der Waals surface area contributed by atoms with Crippen molar-refractivity contribution in [1.82, 2.24) is 15.8 Å². The van der Waals surface area contributed by atoms with Crippen molar-refractivity contribution < 1.29 is 14.0 Å². The highest BCUT2D eigenvalue weighted by Gasteiger charge is 2.10. The van der Waals surface area contributed by atoms with Crippen molar-refractivity contribution >= 4 is 40.4 Å². The number of thioether (sulfide) groups is 1. The number of carbonyl (C=O) groups is 2. The van der Waals surface area contributed by atoms with Crippen LogP contribution in [0.25, 0.3) is 11.1 Å². The number of amides is 2. The van der Waals surface area contributed by atoms with Gasteiger partial charge in [0.2, 0.25) is 5.91 Å². The van der Waals surface area contributed by atoms with Gasteiger partial charge in [0.05, 0.1) is 12.3 Å². The van der Waals surface area contributed by atoms with Crippen molar-refractivity contribution in [1.29, 1.82) is 0 Å². The fourth-order valence-corrected chi connectivity index (χ4v) is 3.09. The van der Waals surface area contributed by atoms with E-state index in [0.717, 1.165) is 34.1 Å². The molecule has 0 radical (unpaired) electrons. The first kappa shape index (κ1) is 18.8. The van der Waals surface area contributed by atoms with E-state index in [-0.39, 0.29) is 24.1 Å². The van der Waals surface area contributed by atoms with E-state index < -0.39 is 0 Å². The van der Waals surface area contributed by atoms with E-state index >= 15 is 0 Å². The fraction of sp³-hybridized carbons (Fsp3) is 0.211. The number of hydrogen-bond acceptors (Lipinski definition) is 6. The maximum absolute atomic E-state index is 11.9. The van der Waals surface area contributed by atoms with Gasteiger partial charge in [0.1, 0.15) is 5.52 Å². The first-order chi connectivity index (χ1) is 13.0. The molecule has 0 aliphatic heterocycles. The number of benzene rings is 2. The lowest BCUT2D eigenvalue weighted by molar-refractivity contribution is -0.126. The van der Waals surface area contributed by atoms with Crippen LogP contribution in [0.1, 0.15) is 11.1 Å². The van der Waals surface area contributed by atoms with Crippen LogP contribution in [-0.2, 0) is 9.59 Å². The third kappa shape index (κ3) is 5.24. The van der Waals surface area contributed by atoms with Crippen LogP contribution in [0.15, 0.2) is 52.1 Å². The number of nitrogens with zero attached hydrogens (tertiary/aromatic N) is 1. The lowest BCUT2D eigenvalue weighted by Gasteiger charge is -2.11. The van der Waals surface area contributed by atoms with Gasteiger partial charge in [0, 0.05) is 5.69 Å². The van der Waals surface area contributed by atoms with Gasteiger partial charge in [-0.05, 0) is 37.6 Å². The summed E-state index contributed by atoms with van der Waals surface area (Å²) in [4.78, 5) is 28.0. The van der Waals surface area contributed by atoms with Gasteiger partial charge in [-0.25, -0.2) is 4.98 Å². The van der Waals surface area contributed by atoms with Gasteiger partial charge in [-0.3, -0.25) is 20.4 Å². The Balaban J connectivity index is 1.39. The number of hydrazine groups is 1. The third-order valence-electron chi connectivity index (χ3n) is 3.76. The lowest BCUT2D eigenvalue weighted by atomic mass is 10.1. The average molecular weight is 384 g/mol. The van der Waals surface area contributed by atoms with Crippen molar-refractivity contribution in [3.63, 3.8) is 0 Å². The highest BCUT2D eigenvalue weighted by atomic mass is 32.2. The van der Waals surface area contributed by atoms with E-state index in [1.807, 2.05) is 56.3 Å². The van der Waals surface area contributed by atoms with Crippen LogP contribution >= 0.6 is 11.8 Å². The summed E-state index contributed by atoms with van der Waals surface area (Å²) in [5.41, 5.74) is 9.27. The number of anilines is 1. The maximum Gasteiger partial charge on any atom is 0.257 e. The minimum atomic E-state index is -0.345. The molecule has 0 unspecified atom stereocenters. The monoisotopic (exact) mass is 384 g/mol. The Morgan fingerprint density at radius 1 is 1.07 bits per heavy atom. The van der Waals surface area contributed by atoms with Crippen LogP contribution in [0.2, 0.25) is 0 Å². The van der Waals surface area contributed by atoms with Gasteiger partial charge in [0.25, 0.3) is 11.1 Å². The SMILES string of the molecule is Cc1ccc(NCC(=O)NNC(=O)CSc2nc3ccccc3o2)c(C)c1. The molecular weight excluding hydrogens is 364 g/mol. The summed E-state index contributed by atoms with van der Waals surface area (Å²) in [5.74, 6) is -0.602. The quantitative estimate of drug-likeness (QED) is 0.447. The Labute approximate surface area is 160 Å². The molecule has 0 atom stereocenters. The van der Waals surface area contributed by atoms with Crippen LogP contribution in [-0.4, -0.2) is 29.1 Å². The minimum absolute atomic E-state index is 0.0580. The van der Waals surface area contributed by atoms with Crippen LogP contribution in [0.5, 0.6) is 0 Å². The number of hydrogen-bond donors (Lipinski definition) is 3. The summed E-state index contributed by atoms with van der Waals surface area (Å²) >= 11 is 1.16. The molecule has 0 bridgehead atoms. The molecule has 0 aliphatic carbocycles. The van der Waals surface area contributed by atoms with E-state index in [9.17, 15) is 9.59 Å². The Kier molecular flexibility index (Phi) is 5.97. The van der Waals surface area contributed by atoms with Gasteiger partial charge in [-0.2, -0.15) is 0 Å². The minimum Gasteiger partial charge on any atom is -0.431 e. The molecule has 2 amide bonds. The van der Waals surface area contributed by atoms with E-state index in [1.165, 1.54) is 0 Å². The fourth-order valence-electron chi connectivity index (χ4n) is 2.45. The third-order valence-corrected chi connectivity index (χ3v) is 4.59. The second-order valence-electron chi connectivity index (χ2n) is 6.00. The molecule has 0 fully saturated rings. The van der Waals surface area contributed by atoms with Crippen molar-refractivity contribution in [2.75, 3.05) is 17.6 Å². The highest BCUT2D eigenvalue weighted by Crippen LogP contribution is 2.22. The number of para-hydroxylation sites is 2. The van der Waals surface area contributed by atoms with E-state index in [4.69, 9.17) is 4.42 Å². The van der Waals surface area contributed by atoms with Crippen molar-refractivity contribution in [2.45, 2.75) is 19.1 Å². The second kappa shape index (κ2) is 8.59. The topological polar surface area (TPSA) is 96.3 Å². The first-order valence-electron chi connectivity index (χ1n) is 8.38. The Bertz CT molecular complexity index is 937. The molecule has 0 aliphatic rings. The molecule has 2 aromatic carbocycles. The Morgan fingerprint density at radius 2 is 1.85 bits per heavy atom. The van der Waals surface area contributed by atoms with Gasteiger partial charge >= 0.3 is 0 Å². The molecule has 8 heteroatoms. The summed E-state index contributed by atoms with van der Waals surface area (Å²) < 4.78 is 5.53. The van der Waals surface area contributed by atoms with Gasteiger partial charge in [0.15, 0.2) is 5.58 Å². The summed E-state index contributed by atoms with van der Waals surface area (Å²) in [5, 5.41) is 3.45. The van der Waals surface area contributed by atoms with E-state index in [2.05, 4.69) is 21.2 Å². The molecule has 140 valence electrons. The zero-order chi connectivity index (χ0) is 19.2. The Morgan fingerprint density at radius 3 is 2.63 bits per heavy atom. The normalized spacial score (nSPS) is 10.6. The molecule has 0 spiro atoms. The zero-order valence-corrected chi connectivity index (χ0v) is 15.9. The number of fused-ring (bicyclic) bond motifs is 1. The first-order valence-corrected chi connectivity index (χ1v) is 9.37. The summed E-state index contributed by atoms with van der Waals surface area (Å²) in [6, 6.07) is 13.3. The van der Waals surface area contributed by atoms with Gasteiger partial charge < -0.3 is 9.73 Å². The van der Waals surface area contributed by atoms with Crippen LogP contribution in [0.3, 0.4) is 0 Å². The molecule has 3 aromatic rings. The second-order valence-corrected chi connectivity index (χ2v) is 6.93. The number of aromatic nitrogens is 1. The van der Waals surface area contributed by atoms with E-state index in [1.54, 1.807) is 0 Å². The summed E-state index contributed by atoms with van der Waals surface area (Å²) in [7, 11) is 0. The molecule has 1 heterocycles. The van der Waals surface area contributed by atoms with Crippen LogP contribution in [0.4, 0.5) is 5.69 Å². The predicted molar refractivity (Wildman–Crippen MR) is 105 cm³/mol. The predicted octanol–water partition coefficient (Wildman–Crippen LogP) is 2.80. The van der Waals surface area contributed by atoms with Crippen LogP contribution < -0.4 is 16.2 Å². The smallest absolute Gasteiger partial charge is 0.257 e. The molecule has 1 aromatic heterocycles. The number of aryl methyl sites for hydroxylation is 2. The number of carbonyl (C=O) groups excluding carboxylic acids is 2. The molecule has 7 nitrogen and oxygen atoms in total. The standard InChI is InChI=1S/C19H20N4O3S/c1-12-7-8-14(13(2)9-12)20-10-17(24)22-23-18(25)11-27-19-21-15-5-3-4-6-16(15)26-19/h3-9,20H,10-11H2,1-2H3,(H,22,24)(H,23,25). The summed E-state index contributed by atoms with van der Waals surface area (Å²) in [6.45, 7) is 4.04. The van der Waals surface area contributed by atoms with Gasteiger partial charge in [-0.1, -0.05) is 41.6 Å². The lowest BCUT2D eigenvalue weighted by Crippen LogP contribution is -2.44. The number of nitrogens with one attached hydrogen (secondary N) is 3. The van der Waals surface area contributed by atoms with Crippen molar-refractivity contribution in [2.24, 2.45) is 0 Å². The molecule has 27 heavy (non-hydrogen) atoms. The van der Waals surface area contributed by atoms with Gasteiger partial charge in [-0.15, -0.1) is 0 Å². The molecular formula is C19H20N4O3S. The Hall–Kier alpha value is -3.00. The molecule has 3 rings (SSSR count). The summed E-state index contributed by atoms with van der Waals surface area (Å²) in [6.07, 6.45) is 0. The molecule has 0 saturated heterocycles. The largest absolute Gasteiger partial charge is 0.431 e. The zero-order valence-electron chi connectivity index (χ0n) is 15.0. The molecule has 0 saturated carbocycles. The average Bonchev–Trinajstić information content (AvgIpc) is 3.07. The molecule has 3 N–H and O–H groups in total. The number of rotatable bonds is 6. The van der Waals surface area contributed by atoms with Crippen molar-refractivity contribution in [3.05, 3.63) is 53.6 Å². The van der Waals surface area contributed by atoms with E-state index in [0.29, 0.717) is 10.8 Å². The van der Waals surface area contributed by atoms with Crippen LogP contribution in [0, 0.1) is 13.8 Å². The highest BCUT2D eigenvalue weighted by molar-refractivity contribution is 7.99. The van der Waals surface area contributed by atoms with Crippen molar-refractivity contribution in [3.8, 4) is 0 Å².